The minimum absolute atomic E-state index is 0.0539. The van der Waals surface area contributed by atoms with Gasteiger partial charge in [0.1, 0.15) is 11.4 Å². The van der Waals surface area contributed by atoms with Crippen molar-refractivity contribution in [3.05, 3.63) is 40.0 Å². The van der Waals surface area contributed by atoms with Crippen LogP contribution in [-0.2, 0) is 11.0 Å². The third-order valence-corrected chi connectivity index (χ3v) is 4.12. The zero-order chi connectivity index (χ0) is 20.0. The van der Waals surface area contributed by atoms with Gasteiger partial charge >= 0.3 is 12.1 Å². The molecule has 0 atom stereocenters. The fraction of sp³-hybridized carbons (Fsp3) is 0.312. The third-order valence-electron chi connectivity index (χ3n) is 3.38. The van der Waals surface area contributed by atoms with Gasteiger partial charge in [0, 0.05) is 24.8 Å². The molecule has 0 aliphatic carbocycles. The van der Waals surface area contributed by atoms with E-state index in [9.17, 15) is 18.0 Å². The lowest BCUT2D eigenvalue weighted by Crippen LogP contribution is -2.15. The third kappa shape index (κ3) is 6.44. The Kier molecular flexibility index (Phi) is 7.09. The van der Waals surface area contributed by atoms with E-state index >= 15 is 0 Å². The normalized spacial score (nSPS) is 11.3. The molecule has 0 saturated carbocycles. The van der Waals surface area contributed by atoms with Crippen molar-refractivity contribution in [2.24, 2.45) is 0 Å². The van der Waals surface area contributed by atoms with Crippen molar-refractivity contribution in [3.63, 3.8) is 0 Å². The number of anilines is 3. The first kappa shape index (κ1) is 21.0. The summed E-state index contributed by atoms with van der Waals surface area (Å²) in [6, 6.07) is 4.59. The molecule has 1 aromatic heterocycles. The molecule has 11 heteroatoms. The molecule has 3 N–H and O–H groups in total. The van der Waals surface area contributed by atoms with Crippen molar-refractivity contribution in [1.82, 2.24) is 9.97 Å². The summed E-state index contributed by atoms with van der Waals surface area (Å²) in [5.41, 5.74) is -0.558. The SMILES string of the molecule is O=C(O)CCCCNc1nc(Nc2ccc(Cl)c(Cl)c2)ncc1C(F)(F)F. The van der Waals surface area contributed by atoms with Crippen LogP contribution in [0.3, 0.4) is 0 Å². The number of aromatic nitrogens is 2. The lowest BCUT2D eigenvalue weighted by atomic mass is 10.2. The number of unbranched alkanes of at least 4 members (excludes halogenated alkanes) is 1. The Hall–Kier alpha value is -2.26. The molecule has 27 heavy (non-hydrogen) atoms. The van der Waals surface area contributed by atoms with E-state index in [2.05, 4.69) is 20.6 Å². The van der Waals surface area contributed by atoms with Gasteiger partial charge in [0.25, 0.3) is 0 Å². The van der Waals surface area contributed by atoms with E-state index in [1.54, 1.807) is 6.07 Å². The number of carbonyl (C=O) groups is 1. The van der Waals surface area contributed by atoms with E-state index in [1.165, 1.54) is 12.1 Å². The zero-order valence-electron chi connectivity index (χ0n) is 13.8. The van der Waals surface area contributed by atoms with Crippen LogP contribution in [0.15, 0.2) is 24.4 Å². The van der Waals surface area contributed by atoms with Crippen LogP contribution in [0.25, 0.3) is 0 Å². The molecular formula is C16H15Cl2F3N4O2. The van der Waals surface area contributed by atoms with Gasteiger partial charge in [-0.1, -0.05) is 23.2 Å². The largest absolute Gasteiger partial charge is 0.481 e. The highest BCUT2D eigenvalue weighted by Gasteiger charge is 2.35. The van der Waals surface area contributed by atoms with Gasteiger partial charge in [0.15, 0.2) is 0 Å². The Bertz CT molecular complexity index is 819. The molecule has 0 bridgehead atoms. The summed E-state index contributed by atoms with van der Waals surface area (Å²) in [6.07, 6.45) is -3.30. The van der Waals surface area contributed by atoms with Gasteiger partial charge < -0.3 is 15.7 Å². The van der Waals surface area contributed by atoms with Crippen molar-refractivity contribution in [3.8, 4) is 0 Å². The maximum Gasteiger partial charge on any atom is 0.421 e. The van der Waals surface area contributed by atoms with E-state index in [-0.39, 0.29) is 23.9 Å². The van der Waals surface area contributed by atoms with Crippen LogP contribution in [0.1, 0.15) is 24.8 Å². The number of aliphatic carboxylic acids is 1. The molecule has 0 aliphatic heterocycles. The number of carboxylic acid groups (broad SMARTS) is 1. The van der Waals surface area contributed by atoms with Gasteiger partial charge in [0.05, 0.1) is 10.0 Å². The second kappa shape index (κ2) is 9.09. The van der Waals surface area contributed by atoms with Crippen LogP contribution in [0.5, 0.6) is 0 Å². The second-order valence-corrected chi connectivity index (χ2v) is 6.30. The average molecular weight is 423 g/mol. The standard InChI is InChI=1S/C16H15Cl2F3N4O2/c17-11-5-4-9(7-12(11)18)24-15-23-8-10(16(19,20)21)14(25-15)22-6-2-1-3-13(26)27/h4-5,7-8H,1-3,6H2,(H,26,27)(H2,22,23,24,25). The molecular weight excluding hydrogens is 408 g/mol. The summed E-state index contributed by atoms with van der Waals surface area (Å²) >= 11 is 11.7. The number of nitrogens with one attached hydrogen (secondary N) is 2. The van der Waals surface area contributed by atoms with E-state index < -0.39 is 23.5 Å². The number of hydrogen-bond acceptors (Lipinski definition) is 5. The highest BCUT2D eigenvalue weighted by molar-refractivity contribution is 6.42. The van der Waals surface area contributed by atoms with Gasteiger partial charge in [-0.25, -0.2) is 4.98 Å². The summed E-state index contributed by atoms with van der Waals surface area (Å²) in [4.78, 5) is 18.0. The smallest absolute Gasteiger partial charge is 0.421 e. The van der Waals surface area contributed by atoms with Crippen LogP contribution in [0.2, 0.25) is 10.0 Å². The van der Waals surface area contributed by atoms with Gasteiger partial charge in [-0.3, -0.25) is 4.79 Å². The quantitative estimate of drug-likeness (QED) is 0.506. The lowest BCUT2D eigenvalue weighted by molar-refractivity contribution is -0.138. The number of benzene rings is 1. The average Bonchev–Trinajstić information content (AvgIpc) is 2.57. The fourth-order valence-corrected chi connectivity index (χ4v) is 2.39. The number of hydrogen-bond donors (Lipinski definition) is 3. The first-order valence-corrected chi connectivity index (χ1v) is 8.54. The van der Waals surface area contributed by atoms with Gasteiger partial charge in [-0.05, 0) is 31.0 Å². The topological polar surface area (TPSA) is 87.1 Å². The number of carboxylic acids is 1. The van der Waals surface area contributed by atoms with E-state index in [0.717, 1.165) is 0 Å². The van der Waals surface area contributed by atoms with E-state index in [1.807, 2.05) is 0 Å². The number of halogens is 5. The van der Waals surface area contributed by atoms with Gasteiger partial charge in [-0.15, -0.1) is 0 Å². The molecule has 2 rings (SSSR count). The molecule has 6 nitrogen and oxygen atoms in total. The highest BCUT2D eigenvalue weighted by atomic mass is 35.5. The van der Waals surface area contributed by atoms with Crippen molar-refractivity contribution in [2.75, 3.05) is 17.2 Å². The Labute approximate surface area is 162 Å². The summed E-state index contributed by atoms with van der Waals surface area (Å²) < 4.78 is 39.4. The summed E-state index contributed by atoms with van der Waals surface area (Å²) in [5, 5.41) is 14.5. The van der Waals surface area contributed by atoms with Crippen molar-refractivity contribution in [2.45, 2.75) is 25.4 Å². The maximum atomic E-state index is 13.1. The van der Waals surface area contributed by atoms with Crippen LogP contribution in [-0.4, -0.2) is 27.6 Å². The number of rotatable bonds is 8. The molecule has 1 heterocycles. The molecule has 146 valence electrons. The van der Waals surface area contributed by atoms with Crippen molar-refractivity contribution < 1.29 is 23.1 Å². The molecule has 0 fully saturated rings. The monoisotopic (exact) mass is 422 g/mol. The molecule has 1 aromatic carbocycles. The molecule has 0 amide bonds. The maximum absolute atomic E-state index is 13.1. The molecule has 0 radical (unpaired) electrons. The summed E-state index contributed by atoms with van der Waals surface area (Å²) in [5.74, 6) is -1.41. The number of alkyl halides is 3. The first-order chi connectivity index (χ1) is 12.7. The van der Waals surface area contributed by atoms with Gasteiger partial charge in [-0.2, -0.15) is 18.2 Å². The Morgan fingerprint density at radius 3 is 2.56 bits per heavy atom. The van der Waals surface area contributed by atoms with E-state index in [4.69, 9.17) is 28.3 Å². The molecule has 2 aromatic rings. The fourth-order valence-electron chi connectivity index (χ4n) is 2.10. The Morgan fingerprint density at radius 2 is 1.93 bits per heavy atom. The molecule has 0 aliphatic rings. The lowest BCUT2D eigenvalue weighted by Gasteiger charge is -2.15. The van der Waals surface area contributed by atoms with Crippen LogP contribution in [0, 0.1) is 0 Å². The van der Waals surface area contributed by atoms with Crippen molar-refractivity contribution >= 4 is 46.6 Å². The minimum Gasteiger partial charge on any atom is -0.481 e. The summed E-state index contributed by atoms with van der Waals surface area (Å²) in [7, 11) is 0. The second-order valence-electron chi connectivity index (χ2n) is 5.49. The molecule has 0 spiro atoms. The molecule has 0 unspecified atom stereocenters. The predicted octanol–water partition coefficient (Wildman–Crippen LogP) is 5.21. The van der Waals surface area contributed by atoms with Crippen molar-refractivity contribution in [1.29, 1.82) is 0 Å². The zero-order valence-corrected chi connectivity index (χ0v) is 15.3. The number of nitrogens with zero attached hydrogens (tertiary/aromatic N) is 2. The van der Waals surface area contributed by atoms with Gasteiger partial charge in [0.2, 0.25) is 5.95 Å². The predicted molar refractivity (Wildman–Crippen MR) is 96.8 cm³/mol. The molecule has 0 saturated heterocycles. The van der Waals surface area contributed by atoms with Crippen LogP contribution < -0.4 is 10.6 Å². The van der Waals surface area contributed by atoms with Crippen LogP contribution >= 0.6 is 23.2 Å². The van der Waals surface area contributed by atoms with E-state index in [0.29, 0.717) is 29.7 Å². The Morgan fingerprint density at radius 1 is 1.19 bits per heavy atom. The Balaban J connectivity index is 2.14. The summed E-state index contributed by atoms with van der Waals surface area (Å²) in [6.45, 7) is 0.138. The first-order valence-electron chi connectivity index (χ1n) is 7.79. The van der Waals surface area contributed by atoms with Crippen LogP contribution in [0.4, 0.5) is 30.6 Å². The minimum atomic E-state index is -4.63. The highest BCUT2D eigenvalue weighted by Crippen LogP contribution is 2.34.